The van der Waals surface area contributed by atoms with Crippen molar-refractivity contribution in [2.45, 2.75) is 19.4 Å². The first-order valence-corrected chi connectivity index (χ1v) is 6.00. The van der Waals surface area contributed by atoms with Gasteiger partial charge >= 0.3 is 0 Å². The first kappa shape index (κ1) is 15.0. The minimum atomic E-state index is -0.749. The first-order valence-electron chi connectivity index (χ1n) is 5.62. The molecule has 3 nitrogen and oxygen atoms in total. The summed E-state index contributed by atoms with van der Waals surface area (Å²) in [4.78, 5) is 23.3. The van der Waals surface area contributed by atoms with Crippen LogP contribution in [0.15, 0.2) is 36.4 Å². The lowest BCUT2D eigenvalue weighted by molar-refractivity contribution is -0.117. The van der Waals surface area contributed by atoms with E-state index in [1.807, 2.05) is 0 Å². The monoisotopic (exact) mass is 275 g/mol. The Labute approximate surface area is 117 Å². The van der Waals surface area contributed by atoms with Crippen LogP contribution in [0.25, 0.3) is 0 Å². The number of terminal acetylenes is 1. The van der Waals surface area contributed by atoms with Crippen molar-refractivity contribution < 1.29 is 9.59 Å². The normalized spacial score (nSPS) is 11.1. The second-order valence-electron chi connectivity index (χ2n) is 4.47. The van der Waals surface area contributed by atoms with Gasteiger partial charge in [0.05, 0.1) is 5.54 Å². The minimum absolute atomic E-state index is 0.295. The van der Waals surface area contributed by atoms with E-state index in [0.717, 1.165) is 6.08 Å². The Hall–Kier alpha value is -2.05. The van der Waals surface area contributed by atoms with Crippen molar-refractivity contribution in [3.63, 3.8) is 0 Å². The van der Waals surface area contributed by atoms with Crippen molar-refractivity contribution in [1.29, 1.82) is 0 Å². The van der Waals surface area contributed by atoms with Gasteiger partial charge in [-0.1, -0.05) is 29.7 Å². The number of carbonyl (C=O) groups excluding carboxylic acids is 2. The maximum Gasteiger partial charge on any atom is 0.245 e. The average Bonchev–Trinajstić information content (AvgIpc) is 2.35. The van der Waals surface area contributed by atoms with Gasteiger partial charge in [0.25, 0.3) is 0 Å². The second-order valence-corrected chi connectivity index (χ2v) is 4.90. The molecule has 0 heterocycles. The highest BCUT2D eigenvalue weighted by Crippen LogP contribution is 2.11. The highest BCUT2D eigenvalue weighted by atomic mass is 35.5. The lowest BCUT2D eigenvalue weighted by atomic mass is 10.1. The van der Waals surface area contributed by atoms with E-state index in [1.165, 1.54) is 12.1 Å². The summed E-state index contributed by atoms with van der Waals surface area (Å²) in [5.74, 6) is 1.72. The Bertz CT molecular complexity index is 568. The van der Waals surface area contributed by atoms with Crippen LogP contribution in [0.3, 0.4) is 0 Å². The van der Waals surface area contributed by atoms with Gasteiger partial charge in [-0.25, -0.2) is 0 Å². The van der Waals surface area contributed by atoms with Crippen molar-refractivity contribution in [3.05, 3.63) is 47.0 Å². The molecule has 0 aromatic heterocycles. The van der Waals surface area contributed by atoms with Crippen LogP contribution in [-0.2, 0) is 4.79 Å². The Kier molecular flexibility index (Phi) is 4.91. The quantitative estimate of drug-likeness (QED) is 0.522. The summed E-state index contributed by atoms with van der Waals surface area (Å²) in [6.45, 7) is 3.38. The maximum atomic E-state index is 11.8. The van der Waals surface area contributed by atoms with E-state index in [0.29, 0.717) is 10.6 Å². The molecule has 19 heavy (non-hydrogen) atoms. The highest BCUT2D eigenvalue weighted by molar-refractivity contribution is 6.31. The van der Waals surface area contributed by atoms with Crippen LogP contribution in [0.2, 0.25) is 5.02 Å². The van der Waals surface area contributed by atoms with Gasteiger partial charge in [0.2, 0.25) is 5.91 Å². The topological polar surface area (TPSA) is 46.2 Å². The van der Waals surface area contributed by atoms with Gasteiger partial charge in [-0.2, -0.15) is 0 Å². The third kappa shape index (κ3) is 4.99. The van der Waals surface area contributed by atoms with Crippen LogP contribution < -0.4 is 5.32 Å². The number of ketones is 1. The van der Waals surface area contributed by atoms with Gasteiger partial charge < -0.3 is 5.32 Å². The number of amides is 1. The first-order chi connectivity index (χ1) is 8.84. The summed E-state index contributed by atoms with van der Waals surface area (Å²) in [5, 5.41) is 3.05. The molecule has 1 N–H and O–H groups in total. The number of benzene rings is 1. The van der Waals surface area contributed by atoms with Crippen LogP contribution in [0, 0.1) is 12.3 Å². The van der Waals surface area contributed by atoms with Gasteiger partial charge in [-0.3, -0.25) is 9.59 Å². The molecule has 1 aromatic carbocycles. The fraction of sp³-hybridized carbons (Fsp3) is 0.200. The lowest BCUT2D eigenvalue weighted by Gasteiger charge is -2.17. The Balaban J connectivity index is 2.70. The third-order valence-corrected chi connectivity index (χ3v) is 2.53. The number of halogens is 1. The Morgan fingerprint density at radius 1 is 1.37 bits per heavy atom. The van der Waals surface area contributed by atoms with Crippen LogP contribution in [0.4, 0.5) is 0 Å². The average molecular weight is 276 g/mol. The van der Waals surface area contributed by atoms with E-state index >= 15 is 0 Å². The molecule has 0 spiro atoms. The highest BCUT2D eigenvalue weighted by Gasteiger charge is 2.15. The van der Waals surface area contributed by atoms with Crippen LogP contribution in [0.1, 0.15) is 24.2 Å². The molecule has 0 aliphatic rings. The predicted molar refractivity (Wildman–Crippen MR) is 76.0 cm³/mol. The molecule has 4 heteroatoms. The summed E-state index contributed by atoms with van der Waals surface area (Å²) < 4.78 is 0. The molecule has 1 amide bonds. The van der Waals surface area contributed by atoms with E-state index < -0.39 is 11.4 Å². The van der Waals surface area contributed by atoms with E-state index in [-0.39, 0.29) is 5.78 Å². The molecule has 1 aromatic rings. The molecule has 0 aliphatic heterocycles. The molecule has 1 rings (SSSR count). The van der Waals surface area contributed by atoms with E-state index in [9.17, 15) is 9.59 Å². The van der Waals surface area contributed by atoms with Gasteiger partial charge in [0.15, 0.2) is 5.78 Å². The zero-order chi connectivity index (χ0) is 14.5. The fourth-order valence-corrected chi connectivity index (χ4v) is 1.47. The van der Waals surface area contributed by atoms with Crippen molar-refractivity contribution >= 4 is 23.3 Å². The summed E-state index contributed by atoms with van der Waals surface area (Å²) in [6.07, 6.45) is 7.59. The van der Waals surface area contributed by atoms with Crippen molar-refractivity contribution in [3.8, 4) is 12.3 Å². The van der Waals surface area contributed by atoms with Crippen molar-refractivity contribution in [2.24, 2.45) is 0 Å². The van der Waals surface area contributed by atoms with Gasteiger partial charge in [-0.15, -0.1) is 6.42 Å². The summed E-state index contributed by atoms with van der Waals surface area (Å²) in [5.41, 5.74) is -0.326. The molecule has 0 unspecified atom stereocenters. The largest absolute Gasteiger partial charge is 0.337 e. The van der Waals surface area contributed by atoms with Crippen molar-refractivity contribution in [1.82, 2.24) is 5.32 Å². The number of carbonyl (C=O) groups is 2. The van der Waals surface area contributed by atoms with E-state index in [1.54, 1.807) is 32.0 Å². The number of allylic oxidation sites excluding steroid dienone is 1. The van der Waals surface area contributed by atoms with Crippen LogP contribution in [0.5, 0.6) is 0 Å². The molecule has 0 radical (unpaired) electrons. The Morgan fingerprint density at radius 3 is 2.63 bits per heavy atom. The number of hydrogen-bond donors (Lipinski definition) is 1. The number of nitrogens with one attached hydrogen (secondary N) is 1. The molecule has 0 saturated carbocycles. The molecular weight excluding hydrogens is 262 g/mol. The molecule has 0 bridgehead atoms. The summed E-state index contributed by atoms with van der Waals surface area (Å²) in [6, 6.07) is 6.51. The predicted octanol–water partition coefficient (Wildman–Crippen LogP) is 2.61. The van der Waals surface area contributed by atoms with Crippen molar-refractivity contribution in [2.75, 3.05) is 0 Å². The third-order valence-electron chi connectivity index (χ3n) is 2.29. The summed E-state index contributed by atoms with van der Waals surface area (Å²) >= 11 is 5.78. The standard InChI is InChI=1S/C15H14ClNO2/c1-4-15(2,3)17-14(19)9-8-13(18)11-6-5-7-12(16)10-11/h1,5-10H,2-3H3,(H,17,19)/b9-8+. The SMILES string of the molecule is C#CC(C)(C)NC(=O)/C=C/C(=O)c1cccc(Cl)c1. The number of rotatable bonds is 4. The van der Waals surface area contributed by atoms with Gasteiger partial charge in [0, 0.05) is 16.7 Å². The van der Waals surface area contributed by atoms with Crippen LogP contribution >= 0.6 is 11.6 Å². The van der Waals surface area contributed by atoms with E-state index in [4.69, 9.17) is 18.0 Å². The second kappa shape index (κ2) is 6.21. The zero-order valence-corrected chi connectivity index (χ0v) is 11.5. The molecular formula is C15H14ClNO2. The lowest BCUT2D eigenvalue weighted by Crippen LogP contribution is -2.41. The fourth-order valence-electron chi connectivity index (χ4n) is 1.28. The molecule has 0 aliphatic carbocycles. The Morgan fingerprint density at radius 2 is 2.05 bits per heavy atom. The molecule has 0 fully saturated rings. The number of hydrogen-bond acceptors (Lipinski definition) is 2. The van der Waals surface area contributed by atoms with E-state index in [2.05, 4.69) is 11.2 Å². The molecule has 0 atom stereocenters. The van der Waals surface area contributed by atoms with Gasteiger partial charge in [-0.05, 0) is 32.1 Å². The van der Waals surface area contributed by atoms with Gasteiger partial charge in [0.1, 0.15) is 0 Å². The molecule has 0 saturated heterocycles. The molecule has 98 valence electrons. The minimum Gasteiger partial charge on any atom is -0.337 e. The zero-order valence-electron chi connectivity index (χ0n) is 10.7. The summed E-state index contributed by atoms with van der Waals surface area (Å²) in [7, 11) is 0. The smallest absolute Gasteiger partial charge is 0.245 e. The maximum absolute atomic E-state index is 11.8. The van der Waals surface area contributed by atoms with Crippen LogP contribution in [-0.4, -0.2) is 17.2 Å².